The van der Waals surface area contributed by atoms with Crippen molar-refractivity contribution in [2.45, 2.75) is 58.4 Å². The van der Waals surface area contributed by atoms with Crippen LogP contribution in [-0.2, 0) is 0 Å². The first-order valence-corrected chi connectivity index (χ1v) is 6.15. The molecule has 0 unspecified atom stereocenters. The Hall–Kier alpha value is -0.570. The molecule has 3 nitrogen and oxygen atoms in total. The van der Waals surface area contributed by atoms with E-state index in [0.29, 0.717) is 0 Å². The van der Waals surface area contributed by atoms with E-state index >= 15 is 0 Å². The van der Waals surface area contributed by atoms with Crippen LogP contribution in [0.15, 0.2) is 5.16 Å². The molecule has 0 aromatic heterocycles. The topological polar surface area (TPSA) is 35.8 Å². The van der Waals surface area contributed by atoms with Gasteiger partial charge in [0.2, 0.25) is 0 Å². The van der Waals surface area contributed by atoms with E-state index in [-0.39, 0.29) is 5.54 Å². The Morgan fingerprint density at radius 1 is 1.20 bits per heavy atom. The first-order valence-electron chi connectivity index (χ1n) is 6.15. The first kappa shape index (κ1) is 12.5. The van der Waals surface area contributed by atoms with E-state index in [1.54, 1.807) is 0 Å². The fraction of sp³-hybridized carbons (Fsp3) is 0.917. The lowest BCUT2D eigenvalue weighted by Gasteiger charge is -2.44. The van der Waals surface area contributed by atoms with Gasteiger partial charge in [0.15, 0.2) is 0 Å². The third kappa shape index (κ3) is 2.33. The number of nitrogens with zero attached hydrogens (tertiary/aromatic N) is 2. The highest BCUT2D eigenvalue weighted by molar-refractivity contribution is 5.90. The van der Waals surface area contributed by atoms with Crippen LogP contribution in [0.25, 0.3) is 0 Å². The summed E-state index contributed by atoms with van der Waals surface area (Å²) in [4.78, 5) is 2.51. The van der Waals surface area contributed by atoms with Crippen LogP contribution in [0, 0.1) is 0 Å². The normalized spacial score (nSPS) is 20.6. The van der Waals surface area contributed by atoms with Gasteiger partial charge in [-0.3, -0.25) is 4.90 Å². The Bertz CT molecular complexity index is 216. The fourth-order valence-corrected chi connectivity index (χ4v) is 2.85. The van der Waals surface area contributed by atoms with Gasteiger partial charge in [-0.25, -0.2) is 0 Å². The summed E-state index contributed by atoms with van der Waals surface area (Å²) >= 11 is 0. The summed E-state index contributed by atoms with van der Waals surface area (Å²) < 4.78 is 0. The molecule has 1 aliphatic rings. The molecule has 0 aromatic carbocycles. The van der Waals surface area contributed by atoms with Crippen molar-refractivity contribution in [3.63, 3.8) is 0 Å². The minimum atomic E-state index is -0.00479. The summed E-state index contributed by atoms with van der Waals surface area (Å²) in [5.41, 5.74) is 0.865. The van der Waals surface area contributed by atoms with E-state index in [2.05, 4.69) is 23.9 Å². The highest BCUT2D eigenvalue weighted by atomic mass is 16.4. The van der Waals surface area contributed by atoms with E-state index in [1.807, 2.05) is 6.92 Å². The van der Waals surface area contributed by atoms with E-state index < -0.39 is 0 Å². The molecule has 0 atom stereocenters. The SMILES string of the molecule is CCC(CC)(/C(C)=N/O)N1CCCCC1. The third-order valence-electron chi connectivity index (χ3n) is 3.95. The molecule has 0 bridgehead atoms. The summed E-state index contributed by atoms with van der Waals surface area (Å²) in [5.74, 6) is 0. The maximum absolute atomic E-state index is 9.02. The molecule has 0 aromatic rings. The van der Waals surface area contributed by atoms with Gasteiger partial charge in [-0.15, -0.1) is 0 Å². The van der Waals surface area contributed by atoms with Crippen LogP contribution >= 0.6 is 0 Å². The highest BCUT2D eigenvalue weighted by Crippen LogP contribution is 2.29. The van der Waals surface area contributed by atoms with Crippen molar-refractivity contribution in [1.29, 1.82) is 0 Å². The zero-order valence-corrected chi connectivity index (χ0v) is 10.3. The number of rotatable bonds is 4. The molecular weight excluding hydrogens is 188 g/mol. The van der Waals surface area contributed by atoms with Gasteiger partial charge >= 0.3 is 0 Å². The second-order valence-electron chi connectivity index (χ2n) is 4.47. The molecule has 0 amide bonds. The molecule has 1 N–H and O–H groups in total. The lowest BCUT2D eigenvalue weighted by molar-refractivity contribution is 0.108. The van der Waals surface area contributed by atoms with E-state index in [9.17, 15) is 0 Å². The smallest absolute Gasteiger partial charge is 0.0742 e. The summed E-state index contributed by atoms with van der Waals surface area (Å²) in [6, 6.07) is 0. The van der Waals surface area contributed by atoms with Crippen molar-refractivity contribution in [3.05, 3.63) is 0 Å². The van der Waals surface area contributed by atoms with E-state index in [1.165, 1.54) is 19.3 Å². The molecule has 1 fully saturated rings. The average molecular weight is 212 g/mol. The van der Waals surface area contributed by atoms with Crippen molar-refractivity contribution >= 4 is 5.71 Å². The van der Waals surface area contributed by atoms with Crippen molar-refractivity contribution in [2.24, 2.45) is 5.16 Å². The second kappa shape index (κ2) is 5.50. The minimum Gasteiger partial charge on any atom is -0.411 e. The number of likely N-dealkylation sites (tertiary alicyclic amines) is 1. The Morgan fingerprint density at radius 2 is 1.73 bits per heavy atom. The van der Waals surface area contributed by atoms with Gasteiger partial charge in [-0.05, 0) is 45.7 Å². The zero-order valence-electron chi connectivity index (χ0n) is 10.3. The van der Waals surface area contributed by atoms with Crippen LogP contribution in [0.2, 0.25) is 0 Å². The maximum Gasteiger partial charge on any atom is 0.0742 e. The Kier molecular flexibility index (Phi) is 4.58. The van der Waals surface area contributed by atoms with Gasteiger partial charge in [-0.2, -0.15) is 0 Å². The largest absolute Gasteiger partial charge is 0.411 e. The van der Waals surface area contributed by atoms with Gasteiger partial charge in [0.1, 0.15) is 0 Å². The molecule has 1 rings (SSSR count). The maximum atomic E-state index is 9.02. The van der Waals surface area contributed by atoms with Crippen LogP contribution in [0.5, 0.6) is 0 Å². The summed E-state index contributed by atoms with van der Waals surface area (Å²) in [7, 11) is 0. The Balaban J connectivity index is 2.87. The zero-order chi connectivity index (χ0) is 11.3. The van der Waals surface area contributed by atoms with Crippen molar-refractivity contribution in [1.82, 2.24) is 4.90 Å². The van der Waals surface area contributed by atoms with E-state index in [0.717, 1.165) is 31.6 Å². The third-order valence-corrected chi connectivity index (χ3v) is 3.95. The molecule has 1 heterocycles. The van der Waals surface area contributed by atoms with Crippen LogP contribution in [-0.4, -0.2) is 34.4 Å². The molecular formula is C12H24N2O. The van der Waals surface area contributed by atoms with Crippen LogP contribution < -0.4 is 0 Å². The summed E-state index contributed by atoms with van der Waals surface area (Å²) in [6.07, 6.45) is 5.95. The van der Waals surface area contributed by atoms with Gasteiger partial charge in [0, 0.05) is 0 Å². The van der Waals surface area contributed by atoms with Crippen molar-refractivity contribution in [2.75, 3.05) is 13.1 Å². The molecule has 0 saturated carbocycles. The quantitative estimate of drug-likeness (QED) is 0.442. The van der Waals surface area contributed by atoms with Gasteiger partial charge in [-0.1, -0.05) is 25.4 Å². The molecule has 1 aliphatic heterocycles. The standard InChI is InChI=1S/C12H24N2O/c1-4-12(5-2,11(3)13-15)14-9-7-6-8-10-14/h15H,4-10H2,1-3H3/b13-11+. The molecule has 0 spiro atoms. The van der Waals surface area contributed by atoms with Gasteiger partial charge in [0.05, 0.1) is 11.3 Å². The Morgan fingerprint density at radius 3 is 2.13 bits per heavy atom. The van der Waals surface area contributed by atoms with Crippen LogP contribution in [0.4, 0.5) is 0 Å². The minimum absolute atomic E-state index is 0.00479. The van der Waals surface area contributed by atoms with E-state index in [4.69, 9.17) is 5.21 Å². The van der Waals surface area contributed by atoms with Gasteiger partial charge in [0.25, 0.3) is 0 Å². The number of hydrogen-bond acceptors (Lipinski definition) is 3. The molecule has 0 aliphatic carbocycles. The lowest BCUT2D eigenvalue weighted by Crippen LogP contribution is -2.54. The monoisotopic (exact) mass is 212 g/mol. The number of piperidine rings is 1. The fourth-order valence-electron chi connectivity index (χ4n) is 2.85. The van der Waals surface area contributed by atoms with Crippen LogP contribution in [0.3, 0.4) is 0 Å². The lowest BCUT2D eigenvalue weighted by atomic mass is 9.84. The molecule has 0 radical (unpaired) electrons. The number of oxime groups is 1. The van der Waals surface area contributed by atoms with Crippen molar-refractivity contribution < 1.29 is 5.21 Å². The second-order valence-corrected chi connectivity index (χ2v) is 4.47. The predicted octanol–water partition coefficient (Wildman–Crippen LogP) is 2.88. The highest BCUT2D eigenvalue weighted by Gasteiger charge is 2.37. The summed E-state index contributed by atoms with van der Waals surface area (Å²) in [6.45, 7) is 8.62. The summed E-state index contributed by atoms with van der Waals surface area (Å²) in [5, 5.41) is 12.5. The average Bonchev–Trinajstić information content (AvgIpc) is 2.32. The molecule has 88 valence electrons. The first-order chi connectivity index (χ1) is 7.21. The molecule has 15 heavy (non-hydrogen) atoms. The van der Waals surface area contributed by atoms with Gasteiger partial charge < -0.3 is 5.21 Å². The molecule has 1 saturated heterocycles. The Labute approximate surface area is 93.2 Å². The predicted molar refractivity (Wildman–Crippen MR) is 63.6 cm³/mol. The van der Waals surface area contributed by atoms with Crippen LogP contribution in [0.1, 0.15) is 52.9 Å². The van der Waals surface area contributed by atoms with Crippen molar-refractivity contribution in [3.8, 4) is 0 Å². The number of hydrogen-bond donors (Lipinski definition) is 1. The molecule has 3 heteroatoms.